The average molecular weight is 296 g/mol. The van der Waals surface area contributed by atoms with Gasteiger partial charge in [0.2, 0.25) is 0 Å². The summed E-state index contributed by atoms with van der Waals surface area (Å²) < 4.78 is 5.47. The summed E-state index contributed by atoms with van der Waals surface area (Å²) in [6, 6.07) is 2.55. The average Bonchev–Trinajstić information content (AvgIpc) is 2.79. The molecule has 122 valence electrons. The first-order chi connectivity index (χ1) is 9.71. The molecule has 1 aromatic heterocycles. The number of aromatic nitrogens is 1. The lowest BCUT2D eigenvalue weighted by Crippen LogP contribution is -2.39. The summed E-state index contributed by atoms with van der Waals surface area (Å²) >= 11 is 0. The fourth-order valence-corrected chi connectivity index (χ4v) is 2.29. The third-order valence-electron chi connectivity index (χ3n) is 3.43. The summed E-state index contributed by atoms with van der Waals surface area (Å²) in [6.07, 6.45) is 0. The summed E-state index contributed by atoms with van der Waals surface area (Å²) in [5.74, 6) is 0.938. The fourth-order valence-electron chi connectivity index (χ4n) is 2.29. The molecule has 0 aliphatic carbocycles. The van der Waals surface area contributed by atoms with E-state index in [4.69, 9.17) is 4.52 Å². The zero-order chi connectivity index (χ0) is 16.0. The van der Waals surface area contributed by atoms with Gasteiger partial charge in [0.1, 0.15) is 0 Å². The van der Waals surface area contributed by atoms with Gasteiger partial charge in [-0.25, -0.2) is 0 Å². The van der Waals surface area contributed by atoms with Gasteiger partial charge >= 0.3 is 0 Å². The predicted octanol–water partition coefficient (Wildman–Crippen LogP) is 2.33. The molecule has 0 aromatic carbocycles. The zero-order valence-electron chi connectivity index (χ0n) is 14.7. The van der Waals surface area contributed by atoms with Gasteiger partial charge in [-0.05, 0) is 48.3 Å². The van der Waals surface area contributed by atoms with Gasteiger partial charge < -0.3 is 14.7 Å². The molecule has 5 heteroatoms. The number of hydrogen-bond donors (Lipinski definition) is 1. The third kappa shape index (κ3) is 7.07. The normalized spacial score (nSPS) is 14.1. The fraction of sp³-hybridized carbons (Fsp3) is 0.812. The molecular weight excluding hydrogens is 264 g/mol. The minimum Gasteiger partial charge on any atom is -0.360 e. The van der Waals surface area contributed by atoms with Crippen LogP contribution in [0.4, 0.5) is 0 Å². The highest BCUT2D eigenvalue weighted by Gasteiger charge is 2.16. The molecule has 0 saturated carbocycles. The van der Waals surface area contributed by atoms with Crippen molar-refractivity contribution in [3.63, 3.8) is 0 Å². The largest absolute Gasteiger partial charge is 0.360 e. The molecule has 5 nitrogen and oxygen atoms in total. The number of rotatable bonds is 8. The van der Waals surface area contributed by atoms with Crippen molar-refractivity contribution in [2.75, 3.05) is 27.2 Å². The van der Waals surface area contributed by atoms with Crippen molar-refractivity contribution in [1.82, 2.24) is 20.3 Å². The molecule has 21 heavy (non-hydrogen) atoms. The maximum absolute atomic E-state index is 5.47. The Morgan fingerprint density at radius 1 is 1.33 bits per heavy atom. The van der Waals surface area contributed by atoms with Crippen molar-refractivity contribution >= 4 is 0 Å². The first-order valence-electron chi connectivity index (χ1n) is 7.79. The number of likely N-dealkylation sites (N-methyl/N-ethyl adjacent to an activating group) is 2. The van der Waals surface area contributed by atoms with E-state index in [0.29, 0.717) is 6.04 Å². The number of nitrogens with one attached hydrogen (secondary N) is 1. The summed E-state index contributed by atoms with van der Waals surface area (Å²) in [5.41, 5.74) is 1.06. The van der Waals surface area contributed by atoms with E-state index in [1.54, 1.807) is 0 Å². The van der Waals surface area contributed by atoms with E-state index >= 15 is 0 Å². The molecule has 0 bridgehead atoms. The Balaban J connectivity index is 2.55. The molecule has 0 aliphatic rings. The van der Waals surface area contributed by atoms with Gasteiger partial charge in [0, 0.05) is 30.7 Å². The highest BCUT2D eigenvalue weighted by molar-refractivity contribution is 5.05. The summed E-state index contributed by atoms with van der Waals surface area (Å²) in [4.78, 5) is 4.62. The van der Waals surface area contributed by atoms with E-state index in [-0.39, 0.29) is 5.54 Å². The van der Waals surface area contributed by atoms with Crippen molar-refractivity contribution in [3.05, 3.63) is 17.5 Å². The van der Waals surface area contributed by atoms with Crippen LogP contribution in [0, 0.1) is 0 Å². The van der Waals surface area contributed by atoms with Crippen LogP contribution in [0.15, 0.2) is 10.6 Å². The summed E-state index contributed by atoms with van der Waals surface area (Å²) in [7, 11) is 4.21. The van der Waals surface area contributed by atoms with Crippen LogP contribution in [0.3, 0.4) is 0 Å². The molecule has 0 fully saturated rings. The van der Waals surface area contributed by atoms with Gasteiger partial charge in [-0.3, -0.25) is 4.90 Å². The predicted molar refractivity (Wildman–Crippen MR) is 87.2 cm³/mol. The van der Waals surface area contributed by atoms with Crippen LogP contribution in [0.2, 0.25) is 0 Å². The molecule has 1 heterocycles. The Hall–Kier alpha value is -0.910. The van der Waals surface area contributed by atoms with Gasteiger partial charge in [0.05, 0.1) is 12.2 Å². The Kier molecular flexibility index (Phi) is 6.84. The lowest BCUT2D eigenvalue weighted by molar-refractivity contribution is 0.158. The van der Waals surface area contributed by atoms with Crippen LogP contribution in [0.5, 0.6) is 0 Å². The maximum Gasteiger partial charge on any atom is 0.151 e. The molecule has 0 spiro atoms. The SMILES string of the molecule is CCN(Cc1cc(CNC(C)(C)C)no1)C(C)CN(C)C. The van der Waals surface area contributed by atoms with E-state index in [1.165, 1.54) is 0 Å². The second-order valence-corrected chi connectivity index (χ2v) is 7.06. The lowest BCUT2D eigenvalue weighted by Gasteiger charge is -2.28. The standard InChI is InChI=1S/C16H32N4O/c1-8-20(13(2)11-19(6)7)12-15-9-14(18-21-15)10-17-16(3,4)5/h9,13,17H,8,10-12H2,1-7H3. The molecular formula is C16H32N4O. The topological polar surface area (TPSA) is 44.5 Å². The van der Waals surface area contributed by atoms with Gasteiger partial charge in [-0.2, -0.15) is 0 Å². The maximum atomic E-state index is 5.47. The minimum atomic E-state index is 0.0921. The smallest absolute Gasteiger partial charge is 0.151 e. The summed E-state index contributed by atoms with van der Waals surface area (Å²) in [5, 5.41) is 7.58. The van der Waals surface area contributed by atoms with Gasteiger partial charge in [0.25, 0.3) is 0 Å². The Labute approximate surface area is 129 Å². The minimum absolute atomic E-state index is 0.0921. The van der Waals surface area contributed by atoms with Gasteiger partial charge in [-0.1, -0.05) is 12.1 Å². The third-order valence-corrected chi connectivity index (χ3v) is 3.43. The van der Waals surface area contributed by atoms with Crippen LogP contribution < -0.4 is 5.32 Å². The summed E-state index contributed by atoms with van der Waals surface area (Å²) in [6.45, 7) is 14.5. The van der Waals surface area contributed by atoms with Crippen molar-refractivity contribution < 1.29 is 4.52 Å². The van der Waals surface area contributed by atoms with Crippen molar-refractivity contribution in [1.29, 1.82) is 0 Å². The second kappa shape index (κ2) is 7.92. The highest BCUT2D eigenvalue weighted by Crippen LogP contribution is 2.11. The molecule has 1 N–H and O–H groups in total. The monoisotopic (exact) mass is 296 g/mol. The zero-order valence-corrected chi connectivity index (χ0v) is 14.7. The van der Waals surface area contributed by atoms with Crippen molar-refractivity contribution in [2.24, 2.45) is 0 Å². The molecule has 1 unspecified atom stereocenters. The molecule has 0 saturated heterocycles. The molecule has 0 aliphatic heterocycles. The Morgan fingerprint density at radius 3 is 2.52 bits per heavy atom. The van der Waals surface area contributed by atoms with E-state index in [1.807, 2.05) is 0 Å². The quantitative estimate of drug-likeness (QED) is 0.797. The first-order valence-corrected chi connectivity index (χ1v) is 7.79. The molecule has 1 rings (SSSR count). The van der Waals surface area contributed by atoms with E-state index < -0.39 is 0 Å². The van der Waals surface area contributed by atoms with Crippen molar-refractivity contribution in [3.8, 4) is 0 Å². The van der Waals surface area contributed by atoms with Gasteiger partial charge in [-0.15, -0.1) is 0 Å². The van der Waals surface area contributed by atoms with Crippen LogP contribution in [0.25, 0.3) is 0 Å². The lowest BCUT2D eigenvalue weighted by atomic mass is 10.1. The van der Waals surface area contributed by atoms with Crippen LogP contribution >= 0.6 is 0 Å². The van der Waals surface area contributed by atoms with Gasteiger partial charge in [0.15, 0.2) is 5.76 Å². The molecule has 0 amide bonds. The first kappa shape index (κ1) is 18.1. The molecule has 1 atom stereocenters. The highest BCUT2D eigenvalue weighted by atomic mass is 16.5. The van der Waals surface area contributed by atoms with Crippen LogP contribution in [-0.4, -0.2) is 53.7 Å². The molecule has 1 aromatic rings. The second-order valence-electron chi connectivity index (χ2n) is 7.06. The van der Waals surface area contributed by atoms with Crippen LogP contribution in [0.1, 0.15) is 46.1 Å². The molecule has 0 radical (unpaired) electrons. The van der Waals surface area contributed by atoms with Crippen molar-refractivity contribution in [2.45, 2.75) is 59.3 Å². The van der Waals surface area contributed by atoms with E-state index in [0.717, 1.165) is 37.6 Å². The Bertz CT molecular complexity index is 409. The van der Waals surface area contributed by atoms with Crippen LogP contribution in [-0.2, 0) is 13.1 Å². The van der Waals surface area contributed by atoms with E-state index in [2.05, 4.69) is 75.1 Å². The number of nitrogens with zero attached hydrogens (tertiary/aromatic N) is 3. The van der Waals surface area contributed by atoms with E-state index in [9.17, 15) is 0 Å². The number of hydrogen-bond acceptors (Lipinski definition) is 5. The Morgan fingerprint density at radius 2 is 2.00 bits per heavy atom.